The third-order valence-electron chi connectivity index (χ3n) is 6.07. The average molecular weight is 548 g/mol. The van der Waals surface area contributed by atoms with E-state index < -0.39 is 48.7 Å². The number of amides is 3. The maximum atomic E-state index is 11.8. The van der Waals surface area contributed by atoms with Gasteiger partial charge in [-0.1, -0.05) is 0 Å². The molecule has 0 spiro atoms. The van der Waals surface area contributed by atoms with Crippen LogP contribution in [-0.2, 0) is 33.3 Å². The summed E-state index contributed by atoms with van der Waals surface area (Å²) in [5.74, 6) is -1.10. The number of hydrogen-bond acceptors (Lipinski definition) is 12. The Morgan fingerprint density at radius 2 is 1.71 bits per heavy atom. The molecule has 14 heteroatoms. The van der Waals surface area contributed by atoms with Crippen molar-refractivity contribution < 1.29 is 53.8 Å². The summed E-state index contributed by atoms with van der Waals surface area (Å²) < 4.78 is 21.8. The molecule has 6 N–H and O–H groups in total. The number of ether oxygens (including phenoxy) is 4. The smallest absolute Gasteiger partial charge is 0.253 e. The molecule has 0 saturated carbocycles. The average Bonchev–Trinajstić information content (AvgIpc) is 3.21. The molecular weight excluding hydrogens is 506 g/mol. The molecular formula is C24H41N3O11. The number of aliphatic hydroxyl groups is 4. The van der Waals surface area contributed by atoms with Crippen LogP contribution >= 0.6 is 0 Å². The molecule has 38 heavy (non-hydrogen) atoms. The van der Waals surface area contributed by atoms with Crippen LogP contribution < -0.4 is 10.6 Å². The van der Waals surface area contributed by atoms with Crippen molar-refractivity contribution in [3.05, 3.63) is 12.2 Å². The Kier molecular flexibility index (Phi) is 14.3. The molecule has 0 radical (unpaired) electrons. The third kappa shape index (κ3) is 11.0. The van der Waals surface area contributed by atoms with E-state index >= 15 is 0 Å². The topological polar surface area (TPSA) is 196 Å². The largest absolute Gasteiger partial charge is 0.388 e. The van der Waals surface area contributed by atoms with Crippen molar-refractivity contribution in [1.82, 2.24) is 15.5 Å². The second-order valence-electron chi connectivity index (χ2n) is 9.15. The van der Waals surface area contributed by atoms with Crippen molar-refractivity contribution in [2.24, 2.45) is 0 Å². The van der Waals surface area contributed by atoms with Gasteiger partial charge >= 0.3 is 0 Å². The minimum Gasteiger partial charge on any atom is -0.388 e. The highest BCUT2D eigenvalue weighted by atomic mass is 16.7. The second-order valence-corrected chi connectivity index (χ2v) is 9.15. The molecule has 1 saturated heterocycles. The molecule has 2 aliphatic rings. The number of carbonyl (C=O) groups excluding carboxylic acids is 3. The zero-order valence-electron chi connectivity index (χ0n) is 21.9. The molecule has 2 rings (SSSR count). The van der Waals surface area contributed by atoms with Gasteiger partial charge in [-0.05, 0) is 20.3 Å². The fourth-order valence-corrected chi connectivity index (χ4v) is 3.69. The number of rotatable bonds is 18. The van der Waals surface area contributed by atoms with E-state index in [9.17, 15) is 34.8 Å². The van der Waals surface area contributed by atoms with Gasteiger partial charge in [0.15, 0.2) is 6.29 Å². The molecule has 0 aromatic rings. The number of hydrogen-bond donors (Lipinski definition) is 6. The summed E-state index contributed by atoms with van der Waals surface area (Å²) in [6.45, 7) is 5.23. The predicted octanol–water partition coefficient (Wildman–Crippen LogP) is -2.63. The minimum absolute atomic E-state index is 0.0305. The van der Waals surface area contributed by atoms with Gasteiger partial charge in [0.25, 0.3) is 11.8 Å². The fraction of sp³-hybridized carbons (Fsp3) is 0.792. The van der Waals surface area contributed by atoms with Crippen molar-refractivity contribution in [2.45, 2.75) is 76.1 Å². The Hall–Kier alpha value is -2.01. The van der Waals surface area contributed by atoms with E-state index in [1.54, 1.807) is 6.92 Å². The number of aliphatic hydroxyl groups excluding tert-OH is 4. The van der Waals surface area contributed by atoms with Crippen LogP contribution in [0.3, 0.4) is 0 Å². The van der Waals surface area contributed by atoms with Crippen LogP contribution in [0.5, 0.6) is 0 Å². The molecule has 0 aromatic carbocycles. The van der Waals surface area contributed by atoms with Crippen LogP contribution in [0.4, 0.5) is 0 Å². The van der Waals surface area contributed by atoms with Gasteiger partial charge in [-0.15, -0.1) is 0 Å². The lowest BCUT2D eigenvalue weighted by atomic mass is 10.0. The van der Waals surface area contributed by atoms with Crippen LogP contribution in [0.25, 0.3) is 0 Å². The van der Waals surface area contributed by atoms with Crippen LogP contribution in [0.2, 0.25) is 0 Å². The minimum atomic E-state index is -1.37. The standard InChI is InChI=1S/C24H41N3O11/c1-15(36-13-8-25-17(28)5-10-27-19(30)3-4-20(27)31)6-11-35-12-7-18(29)26-9-14-37-24-23(34)22(33)21(32)16(2)38-24/h3-4,15-16,18,21-24,26,29,32-34H,5-14H2,1-2H3,(H,25,28). The van der Waals surface area contributed by atoms with E-state index in [2.05, 4.69) is 10.6 Å². The first-order valence-corrected chi connectivity index (χ1v) is 12.8. The normalized spacial score (nSPS) is 27.1. The molecule has 2 heterocycles. The molecule has 3 amide bonds. The molecule has 0 aromatic heterocycles. The van der Waals surface area contributed by atoms with E-state index in [0.717, 1.165) is 4.90 Å². The predicted molar refractivity (Wildman–Crippen MR) is 131 cm³/mol. The van der Waals surface area contributed by atoms with Gasteiger partial charge < -0.3 is 44.7 Å². The van der Waals surface area contributed by atoms with Gasteiger partial charge in [0.2, 0.25) is 5.91 Å². The monoisotopic (exact) mass is 547 g/mol. The summed E-state index contributed by atoms with van der Waals surface area (Å²) in [7, 11) is 0. The highest BCUT2D eigenvalue weighted by Crippen LogP contribution is 2.21. The number of nitrogens with zero attached hydrogens (tertiary/aromatic N) is 1. The van der Waals surface area contributed by atoms with Gasteiger partial charge in [-0.2, -0.15) is 0 Å². The zero-order valence-corrected chi connectivity index (χ0v) is 21.9. The van der Waals surface area contributed by atoms with Crippen LogP contribution in [0.1, 0.15) is 33.1 Å². The third-order valence-corrected chi connectivity index (χ3v) is 6.07. The summed E-state index contributed by atoms with van der Waals surface area (Å²) in [5.41, 5.74) is 0. The summed E-state index contributed by atoms with van der Waals surface area (Å²) >= 11 is 0. The quantitative estimate of drug-likeness (QED) is 0.0594. The summed E-state index contributed by atoms with van der Waals surface area (Å²) in [6.07, 6.45) is -3.23. The lowest BCUT2D eigenvalue weighted by molar-refractivity contribution is -0.292. The van der Waals surface area contributed by atoms with Gasteiger partial charge in [0, 0.05) is 51.2 Å². The SMILES string of the molecule is CC(CCOCCC(O)NCCOC1OC(C)C(O)C(O)C1O)OCCNC(=O)CCN1C(=O)C=CC1=O. The van der Waals surface area contributed by atoms with E-state index in [4.69, 9.17) is 18.9 Å². The zero-order chi connectivity index (χ0) is 28.1. The number of nitrogens with one attached hydrogen (secondary N) is 2. The summed E-state index contributed by atoms with van der Waals surface area (Å²) in [5, 5.41) is 44.8. The lowest BCUT2D eigenvalue weighted by Crippen LogP contribution is -2.57. The van der Waals surface area contributed by atoms with E-state index in [-0.39, 0.29) is 38.1 Å². The highest BCUT2D eigenvalue weighted by molar-refractivity contribution is 6.13. The van der Waals surface area contributed by atoms with Crippen LogP contribution in [0.15, 0.2) is 12.2 Å². The molecule has 218 valence electrons. The molecule has 14 nitrogen and oxygen atoms in total. The first kappa shape index (κ1) is 32.2. The Morgan fingerprint density at radius 3 is 2.42 bits per heavy atom. The van der Waals surface area contributed by atoms with Crippen LogP contribution in [0, 0.1) is 0 Å². The summed E-state index contributed by atoms with van der Waals surface area (Å²) in [6, 6.07) is 0. The Morgan fingerprint density at radius 1 is 1.03 bits per heavy atom. The van der Waals surface area contributed by atoms with Crippen molar-refractivity contribution in [3.8, 4) is 0 Å². The number of carbonyl (C=O) groups is 3. The molecule has 2 aliphatic heterocycles. The highest BCUT2D eigenvalue weighted by Gasteiger charge is 2.42. The second kappa shape index (κ2) is 16.8. The molecule has 7 atom stereocenters. The van der Waals surface area contributed by atoms with E-state index in [1.807, 2.05) is 6.92 Å². The molecule has 0 aliphatic carbocycles. The van der Waals surface area contributed by atoms with Gasteiger partial charge in [-0.3, -0.25) is 24.6 Å². The Balaban J connectivity index is 1.40. The molecule has 1 fully saturated rings. The molecule has 0 bridgehead atoms. The fourth-order valence-electron chi connectivity index (χ4n) is 3.69. The maximum absolute atomic E-state index is 11.8. The van der Waals surface area contributed by atoms with E-state index in [1.165, 1.54) is 12.2 Å². The summed E-state index contributed by atoms with van der Waals surface area (Å²) in [4.78, 5) is 35.7. The Bertz CT molecular complexity index is 766. The van der Waals surface area contributed by atoms with Gasteiger partial charge in [0.1, 0.15) is 24.5 Å². The lowest BCUT2D eigenvalue weighted by Gasteiger charge is -2.38. The van der Waals surface area contributed by atoms with Gasteiger partial charge in [0.05, 0.1) is 32.0 Å². The number of imide groups is 1. The first-order valence-electron chi connectivity index (χ1n) is 12.8. The van der Waals surface area contributed by atoms with Crippen molar-refractivity contribution in [1.29, 1.82) is 0 Å². The molecule has 7 unspecified atom stereocenters. The van der Waals surface area contributed by atoms with E-state index in [0.29, 0.717) is 39.2 Å². The van der Waals surface area contributed by atoms with Crippen LogP contribution in [-0.4, -0.2) is 132 Å². The first-order chi connectivity index (χ1) is 18.1. The van der Waals surface area contributed by atoms with Crippen molar-refractivity contribution >= 4 is 17.7 Å². The van der Waals surface area contributed by atoms with Gasteiger partial charge in [-0.25, -0.2) is 0 Å². The van der Waals surface area contributed by atoms with Crippen molar-refractivity contribution in [3.63, 3.8) is 0 Å². The maximum Gasteiger partial charge on any atom is 0.253 e. The Labute approximate surface area is 221 Å². The van der Waals surface area contributed by atoms with Crippen molar-refractivity contribution in [2.75, 3.05) is 46.1 Å².